The van der Waals surface area contributed by atoms with Crippen LogP contribution in [0.1, 0.15) is 19.8 Å². The van der Waals surface area contributed by atoms with E-state index in [0.29, 0.717) is 13.3 Å². The third-order valence-corrected chi connectivity index (χ3v) is 3.35. The van der Waals surface area contributed by atoms with E-state index in [1.54, 1.807) is 0 Å². The Labute approximate surface area is 107 Å². The molecule has 1 aromatic heterocycles. The number of nitrogens with zero attached hydrogens (tertiary/aromatic N) is 1. The highest BCUT2D eigenvalue weighted by Gasteiger charge is 2.21. The summed E-state index contributed by atoms with van der Waals surface area (Å²) in [7, 11) is 0. The lowest BCUT2D eigenvalue weighted by Gasteiger charge is -2.08. The third-order valence-electron chi connectivity index (χ3n) is 3.35. The highest BCUT2D eigenvalue weighted by Crippen LogP contribution is 2.29. The van der Waals surface area contributed by atoms with Crippen LogP contribution in [0.15, 0.2) is 30.5 Å². The molecule has 3 rings (SSSR count). The van der Waals surface area contributed by atoms with Gasteiger partial charge in [-0.25, -0.2) is 0 Å². The summed E-state index contributed by atoms with van der Waals surface area (Å²) < 4.78 is 13.5. The van der Waals surface area contributed by atoms with E-state index < -0.39 is 0 Å². The molecule has 0 saturated heterocycles. The van der Waals surface area contributed by atoms with Crippen LogP contribution in [0, 0.1) is 5.92 Å². The monoisotopic (exact) mass is 245 g/mol. The smallest absolute Gasteiger partial charge is 0.128 e. The molecule has 3 heteroatoms. The molecule has 1 saturated carbocycles. The van der Waals surface area contributed by atoms with Crippen molar-refractivity contribution in [3.63, 3.8) is 0 Å². The molecule has 2 aromatic rings. The number of fused-ring (bicyclic) bond motifs is 1. The van der Waals surface area contributed by atoms with Crippen molar-refractivity contribution in [3.05, 3.63) is 30.5 Å². The zero-order chi connectivity index (χ0) is 12.4. The molecular formula is C15H19NO2. The van der Waals surface area contributed by atoms with Crippen LogP contribution in [0.5, 0.6) is 5.75 Å². The lowest BCUT2D eigenvalue weighted by atomic mass is 10.2. The molecule has 1 fully saturated rings. The van der Waals surface area contributed by atoms with Crippen molar-refractivity contribution < 1.29 is 9.47 Å². The summed E-state index contributed by atoms with van der Waals surface area (Å²) in [5, 5.41) is 1.16. The Bertz CT molecular complexity index is 528. The van der Waals surface area contributed by atoms with E-state index in [9.17, 15) is 0 Å². The SMILES string of the molecule is CCOc1cccc2c1ccn2COCC1CC1. The molecule has 1 heterocycles. The van der Waals surface area contributed by atoms with E-state index >= 15 is 0 Å². The highest BCUT2D eigenvalue weighted by molar-refractivity contribution is 5.86. The van der Waals surface area contributed by atoms with Crippen LogP contribution in [-0.2, 0) is 11.5 Å². The van der Waals surface area contributed by atoms with Gasteiger partial charge in [-0.1, -0.05) is 6.07 Å². The average Bonchev–Trinajstić information content (AvgIpc) is 3.11. The highest BCUT2D eigenvalue weighted by atomic mass is 16.5. The van der Waals surface area contributed by atoms with Crippen molar-refractivity contribution in [2.75, 3.05) is 13.2 Å². The summed E-state index contributed by atoms with van der Waals surface area (Å²) >= 11 is 0. The van der Waals surface area contributed by atoms with Gasteiger partial charge in [0.2, 0.25) is 0 Å². The molecule has 1 aromatic carbocycles. The third kappa shape index (κ3) is 2.36. The molecule has 3 nitrogen and oxygen atoms in total. The number of aromatic nitrogens is 1. The molecule has 0 aliphatic heterocycles. The quantitative estimate of drug-likeness (QED) is 0.778. The first-order chi connectivity index (χ1) is 8.88. The first-order valence-electron chi connectivity index (χ1n) is 6.67. The average molecular weight is 245 g/mol. The Morgan fingerprint density at radius 2 is 2.17 bits per heavy atom. The summed E-state index contributed by atoms with van der Waals surface area (Å²) in [5.41, 5.74) is 1.18. The van der Waals surface area contributed by atoms with Crippen LogP contribution in [0.25, 0.3) is 10.9 Å². The fourth-order valence-electron chi connectivity index (χ4n) is 2.19. The van der Waals surface area contributed by atoms with Crippen LogP contribution >= 0.6 is 0 Å². The molecule has 0 amide bonds. The van der Waals surface area contributed by atoms with Crippen molar-refractivity contribution in [3.8, 4) is 5.75 Å². The molecule has 0 radical (unpaired) electrons. The molecule has 0 N–H and O–H groups in total. The van der Waals surface area contributed by atoms with Crippen molar-refractivity contribution in [2.24, 2.45) is 5.92 Å². The van der Waals surface area contributed by atoms with Gasteiger partial charge in [-0.3, -0.25) is 0 Å². The Balaban J connectivity index is 1.77. The molecule has 1 aliphatic rings. The largest absolute Gasteiger partial charge is 0.493 e. The van der Waals surface area contributed by atoms with Gasteiger partial charge in [0.1, 0.15) is 12.5 Å². The second-order valence-corrected chi connectivity index (χ2v) is 4.85. The molecule has 0 unspecified atom stereocenters. The Hall–Kier alpha value is -1.48. The standard InChI is InChI=1S/C15H19NO2/c1-2-18-15-5-3-4-14-13(15)8-9-16(14)11-17-10-12-6-7-12/h3-5,8-9,12H,2,6-7,10-11H2,1H3. The van der Waals surface area contributed by atoms with Crippen molar-refractivity contribution >= 4 is 10.9 Å². The van der Waals surface area contributed by atoms with Gasteiger partial charge in [0.15, 0.2) is 0 Å². The minimum absolute atomic E-state index is 0.635. The predicted molar refractivity (Wildman–Crippen MR) is 71.8 cm³/mol. The minimum Gasteiger partial charge on any atom is -0.493 e. The molecule has 96 valence electrons. The second-order valence-electron chi connectivity index (χ2n) is 4.85. The topological polar surface area (TPSA) is 23.4 Å². The molecule has 0 atom stereocenters. The van der Waals surface area contributed by atoms with Gasteiger partial charge in [-0.2, -0.15) is 0 Å². The van der Waals surface area contributed by atoms with Crippen molar-refractivity contribution in [1.82, 2.24) is 4.57 Å². The van der Waals surface area contributed by atoms with Gasteiger partial charge in [0.05, 0.1) is 18.7 Å². The van der Waals surface area contributed by atoms with Crippen LogP contribution in [0.4, 0.5) is 0 Å². The number of ether oxygens (including phenoxy) is 2. The van der Waals surface area contributed by atoms with Crippen LogP contribution in [0.3, 0.4) is 0 Å². The zero-order valence-corrected chi connectivity index (χ0v) is 10.8. The van der Waals surface area contributed by atoms with Gasteiger partial charge >= 0.3 is 0 Å². The summed E-state index contributed by atoms with van der Waals surface area (Å²) in [5.74, 6) is 1.77. The first-order valence-corrected chi connectivity index (χ1v) is 6.67. The normalized spacial score (nSPS) is 15.2. The van der Waals surface area contributed by atoms with Gasteiger partial charge in [-0.05, 0) is 43.9 Å². The van der Waals surface area contributed by atoms with E-state index in [1.807, 2.05) is 19.1 Å². The number of hydrogen-bond donors (Lipinski definition) is 0. The molecular weight excluding hydrogens is 226 g/mol. The molecule has 18 heavy (non-hydrogen) atoms. The number of rotatable bonds is 6. The maximum Gasteiger partial charge on any atom is 0.128 e. The summed E-state index contributed by atoms with van der Waals surface area (Å²) in [4.78, 5) is 0. The van der Waals surface area contributed by atoms with Crippen LogP contribution in [0.2, 0.25) is 0 Å². The van der Waals surface area contributed by atoms with E-state index in [2.05, 4.69) is 22.9 Å². The Morgan fingerprint density at radius 3 is 2.94 bits per heavy atom. The fourth-order valence-corrected chi connectivity index (χ4v) is 2.19. The Morgan fingerprint density at radius 1 is 1.28 bits per heavy atom. The first kappa shape index (κ1) is 11.6. The fraction of sp³-hybridized carbons (Fsp3) is 0.467. The summed E-state index contributed by atoms with van der Waals surface area (Å²) in [6.45, 7) is 4.23. The zero-order valence-electron chi connectivity index (χ0n) is 10.8. The van der Waals surface area contributed by atoms with E-state index in [-0.39, 0.29) is 0 Å². The Kier molecular flexibility index (Phi) is 3.24. The minimum atomic E-state index is 0.635. The van der Waals surface area contributed by atoms with Crippen LogP contribution < -0.4 is 4.74 Å². The summed E-state index contributed by atoms with van der Waals surface area (Å²) in [6.07, 6.45) is 4.74. The maximum atomic E-state index is 5.73. The van der Waals surface area contributed by atoms with E-state index in [0.717, 1.165) is 23.7 Å². The summed E-state index contributed by atoms with van der Waals surface area (Å²) in [6, 6.07) is 8.26. The van der Waals surface area contributed by atoms with E-state index in [1.165, 1.54) is 18.4 Å². The lowest BCUT2D eigenvalue weighted by molar-refractivity contribution is 0.0718. The number of benzene rings is 1. The molecule has 0 spiro atoms. The van der Waals surface area contributed by atoms with E-state index in [4.69, 9.17) is 9.47 Å². The molecule has 0 bridgehead atoms. The van der Waals surface area contributed by atoms with Gasteiger partial charge < -0.3 is 14.0 Å². The van der Waals surface area contributed by atoms with Gasteiger partial charge in [-0.15, -0.1) is 0 Å². The second kappa shape index (κ2) is 5.02. The van der Waals surface area contributed by atoms with Crippen molar-refractivity contribution in [2.45, 2.75) is 26.5 Å². The van der Waals surface area contributed by atoms with Crippen molar-refractivity contribution in [1.29, 1.82) is 0 Å². The lowest BCUT2D eigenvalue weighted by Crippen LogP contribution is -2.03. The van der Waals surface area contributed by atoms with Gasteiger partial charge in [0, 0.05) is 11.6 Å². The van der Waals surface area contributed by atoms with Gasteiger partial charge in [0.25, 0.3) is 0 Å². The number of hydrogen-bond acceptors (Lipinski definition) is 2. The predicted octanol–water partition coefficient (Wildman–Crippen LogP) is 3.42. The maximum absolute atomic E-state index is 5.73. The van der Waals surface area contributed by atoms with Crippen LogP contribution in [-0.4, -0.2) is 17.8 Å². The molecule has 1 aliphatic carbocycles.